The third-order valence-electron chi connectivity index (χ3n) is 2.55. The van der Waals surface area contributed by atoms with Crippen LogP contribution in [-0.4, -0.2) is 23.9 Å². The van der Waals surface area contributed by atoms with E-state index in [0.29, 0.717) is 5.69 Å². The van der Waals surface area contributed by atoms with E-state index >= 15 is 0 Å². The van der Waals surface area contributed by atoms with Crippen LogP contribution in [0.1, 0.15) is 10.5 Å². The molecule has 0 aliphatic rings. The molecular formula is C11H8Cl3N3O3S. The van der Waals surface area contributed by atoms with Crippen molar-refractivity contribution in [1.29, 1.82) is 0 Å². The van der Waals surface area contributed by atoms with Gasteiger partial charge in [0.25, 0.3) is 15.0 Å². The van der Waals surface area contributed by atoms with Gasteiger partial charge in [-0.1, -0.05) is 23.2 Å². The standard InChI is InChI=1S/C11H8Cl3N3O3S/c1-17-5-7(21(14,19)20)9(13)10(17)11(18)16-6-2-3-15-8(12)4-6/h2-5H,1H3,(H,15,16,18). The summed E-state index contributed by atoms with van der Waals surface area (Å²) in [4.78, 5) is 15.6. The summed E-state index contributed by atoms with van der Waals surface area (Å²) in [7, 11) is 2.69. The van der Waals surface area contributed by atoms with Crippen molar-refractivity contribution in [3.05, 3.63) is 40.4 Å². The SMILES string of the molecule is Cn1cc(S(=O)(=O)Cl)c(Cl)c1C(=O)Nc1ccnc(Cl)c1. The van der Waals surface area contributed by atoms with Gasteiger partial charge in [-0.3, -0.25) is 4.79 Å². The van der Waals surface area contributed by atoms with Crippen LogP contribution in [0.15, 0.2) is 29.4 Å². The molecule has 21 heavy (non-hydrogen) atoms. The molecule has 0 saturated heterocycles. The lowest BCUT2D eigenvalue weighted by Crippen LogP contribution is -2.16. The number of carbonyl (C=O) groups is 1. The summed E-state index contributed by atoms with van der Waals surface area (Å²) in [5.41, 5.74) is 0.358. The van der Waals surface area contributed by atoms with Crippen molar-refractivity contribution >= 4 is 54.5 Å². The highest BCUT2D eigenvalue weighted by molar-refractivity contribution is 8.13. The van der Waals surface area contributed by atoms with Gasteiger partial charge in [-0.15, -0.1) is 0 Å². The molecule has 0 spiro atoms. The number of aryl methyl sites for hydroxylation is 1. The van der Waals surface area contributed by atoms with E-state index in [9.17, 15) is 13.2 Å². The van der Waals surface area contributed by atoms with Crippen LogP contribution in [-0.2, 0) is 16.1 Å². The molecule has 0 aliphatic heterocycles. The summed E-state index contributed by atoms with van der Waals surface area (Å²) in [5, 5.41) is 2.50. The van der Waals surface area contributed by atoms with Gasteiger partial charge in [0.1, 0.15) is 15.7 Å². The molecule has 2 heterocycles. The van der Waals surface area contributed by atoms with Crippen LogP contribution in [0.5, 0.6) is 0 Å². The second-order valence-electron chi connectivity index (χ2n) is 4.03. The van der Waals surface area contributed by atoms with Crippen LogP contribution >= 0.6 is 33.9 Å². The first kappa shape index (κ1) is 16.1. The average Bonchev–Trinajstić information content (AvgIpc) is 2.64. The fourth-order valence-electron chi connectivity index (χ4n) is 1.67. The predicted octanol–water partition coefficient (Wildman–Crippen LogP) is 2.91. The largest absolute Gasteiger partial charge is 0.344 e. The van der Waals surface area contributed by atoms with Gasteiger partial charge in [-0.05, 0) is 12.1 Å². The second kappa shape index (κ2) is 5.84. The monoisotopic (exact) mass is 367 g/mol. The minimum absolute atomic E-state index is 0.0381. The van der Waals surface area contributed by atoms with Gasteiger partial charge in [0.05, 0.1) is 5.02 Å². The molecule has 6 nitrogen and oxygen atoms in total. The van der Waals surface area contributed by atoms with Crippen molar-refractivity contribution in [1.82, 2.24) is 9.55 Å². The third kappa shape index (κ3) is 3.49. The maximum atomic E-state index is 12.2. The first-order valence-corrected chi connectivity index (χ1v) is 8.49. The first-order chi connectivity index (χ1) is 9.70. The van der Waals surface area contributed by atoms with E-state index in [1.807, 2.05) is 0 Å². The lowest BCUT2D eigenvalue weighted by molar-refractivity contribution is 0.101. The quantitative estimate of drug-likeness (QED) is 0.667. The molecule has 2 rings (SSSR count). The zero-order valence-electron chi connectivity index (χ0n) is 10.5. The number of hydrogen-bond acceptors (Lipinski definition) is 4. The van der Waals surface area contributed by atoms with Gasteiger partial charge >= 0.3 is 0 Å². The van der Waals surface area contributed by atoms with Crippen molar-refractivity contribution in [3.63, 3.8) is 0 Å². The Morgan fingerprint density at radius 2 is 2.05 bits per heavy atom. The fraction of sp³-hybridized carbons (Fsp3) is 0.0909. The van der Waals surface area contributed by atoms with E-state index in [0.717, 1.165) is 0 Å². The molecule has 2 aromatic heterocycles. The molecule has 0 atom stereocenters. The Morgan fingerprint density at radius 3 is 2.57 bits per heavy atom. The van der Waals surface area contributed by atoms with Gasteiger partial charge in [-0.2, -0.15) is 0 Å². The number of nitrogens with one attached hydrogen (secondary N) is 1. The smallest absolute Gasteiger partial charge is 0.273 e. The Morgan fingerprint density at radius 1 is 1.38 bits per heavy atom. The molecule has 1 N–H and O–H groups in total. The highest BCUT2D eigenvalue weighted by Crippen LogP contribution is 2.30. The number of nitrogens with zero attached hydrogens (tertiary/aromatic N) is 2. The first-order valence-electron chi connectivity index (χ1n) is 5.42. The average molecular weight is 369 g/mol. The van der Waals surface area contributed by atoms with Crippen LogP contribution in [0.25, 0.3) is 0 Å². The van der Waals surface area contributed by atoms with Crippen LogP contribution in [0, 0.1) is 0 Å². The fourth-order valence-corrected chi connectivity index (χ4v) is 3.48. The summed E-state index contributed by atoms with van der Waals surface area (Å²) in [6.07, 6.45) is 2.58. The highest BCUT2D eigenvalue weighted by Gasteiger charge is 2.25. The van der Waals surface area contributed by atoms with E-state index in [2.05, 4.69) is 10.3 Å². The molecule has 112 valence electrons. The van der Waals surface area contributed by atoms with Crippen molar-refractivity contribution < 1.29 is 13.2 Å². The number of hydrogen-bond donors (Lipinski definition) is 1. The molecule has 1 amide bonds. The number of amides is 1. The maximum Gasteiger partial charge on any atom is 0.273 e. The zero-order valence-corrected chi connectivity index (χ0v) is 13.6. The van der Waals surface area contributed by atoms with E-state index in [1.165, 1.54) is 36.1 Å². The van der Waals surface area contributed by atoms with Crippen molar-refractivity contribution in [2.75, 3.05) is 5.32 Å². The van der Waals surface area contributed by atoms with E-state index in [4.69, 9.17) is 33.9 Å². The summed E-state index contributed by atoms with van der Waals surface area (Å²) < 4.78 is 24.0. The van der Waals surface area contributed by atoms with E-state index in [-0.39, 0.29) is 20.8 Å². The number of anilines is 1. The lowest BCUT2D eigenvalue weighted by Gasteiger charge is -2.06. The van der Waals surface area contributed by atoms with Crippen molar-refractivity contribution in [2.45, 2.75) is 4.90 Å². The van der Waals surface area contributed by atoms with Crippen LogP contribution in [0.2, 0.25) is 10.2 Å². The van der Waals surface area contributed by atoms with Gasteiger partial charge < -0.3 is 9.88 Å². The van der Waals surface area contributed by atoms with Gasteiger partial charge in [0.15, 0.2) is 0 Å². The third-order valence-corrected chi connectivity index (χ3v) is 4.58. The van der Waals surface area contributed by atoms with E-state index < -0.39 is 15.0 Å². The number of rotatable bonds is 3. The molecule has 0 unspecified atom stereocenters. The summed E-state index contributed by atoms with van der Waals surface area (Å²) in [6.45, 7) is 0. The zero-order chi connectivity index (χ0) is 15.8. The molecular weight excluding hydrogens is 361 g/mol. The molecule has 0 aromatic carbocycles. The van der Waals surface area contributed by atoms with Crippen molar-refractivity contribution in [3.8, 4) is 0 Å². The van der Waals surface area contributed by atoms with Crippen molar-refractivity contribution in [2.24, 2.45) is 7.05 Å². The topological polar surface area (TPSA) is 81.1 Å². The van der Waals surface area contributed by atoms with Crippen LogP contribution in [0.4, 0.5) is 5.69 Å². The predicted molar refractivity (Wildman–Crippen MR) is 80.7 cm³/mol. The maximum absolute atomic E-state index is 12.2. The summed E-state index contributed by atoms with van der Waals surface area (Å²) in [6, 6.07) is 2.97. The molecule has 2 aromatic rings. The molecule has 10 heteroatoms. The number of halogens is 3. The molecule has 0 saturated carbocycles. The Bertz CT molecular complexity index is 817. The van der Waals surface area contributed by atoms with Gasteiger partial charge in [0.2, 0.25) is 0 Å². The van der Waals surface area contributed by atoms with Crippen LogP contribution in [0.3, 0.4) is 0 Å². The number of carbonyl (C=O) groups excluding carboxylic acids is 1. The Labute approximate surface area is 135 Å². The Kier molecular flexibility index (Phi) is 4.48. The normalized spacial score (nSPS) is 11.4. The molecule has 0 aliphatic carbocycles. The minimum atomic E-state index is -4.04. The highest BCUT2D eigenvalue weighted by atomic mass is 35.7. The summed E-state index contributed by atoms with van der Waals surface area (Å²) >= 11 is 11.6. The Hall–Kier alpha value is -1.28. The van der Waals surface area contributed by atoms with Crippen LogP contribution < -0.4 is 5.32 Å². The Balaban J connectivity index is 2.39. The number of pyridine rings is 1. The molecule has 0 fully saturated rings. The molecule has 0 radical (unpaired) electrons. The number of aromatic nitrogens is 2. The van der Waals surface area contributed by atoms with Gasteiger partial charge in [-0.25, -0.2) is 13.4 Å². The lowest BCUT2D eigenvalue weighted by atomic mass is 10.3. The van der Waals surface area contributed by atoms with Gasteiger partial charge in [0, 0.05) is 35.8 Å². The second-order valence-corrected chi connectivity index (χ2v) is 7.33. The van der Waals surface area contributed by atoms with E-state index in [1.54, 1.807) is 0 Å². The summed E-state index contributed by atoms with van der Waals surface area (Å²) in [5.74, 6) is -0.601. The molecule has 0 bridgehead atoms. The minimum Gasteiger partial charge on any atom is -0.344 e.